The van der Waals surface area contributed by atoms with E-state index in [-0.39, 0.29) is 30.1 Å². The van der Waals surface area contributed by atoms with Gasteiger partial charge in [-0.1, -0.05) is 0 Å². The lowest BCUT2D eigenvalue weighted by Gasteiger charge is -2.18. The second-order valence-electron chi connectivity index (χ2n) is 8.40. The van der Waals surface area contributed by atoms with Crippen LogP contribution in [-0.4, -0.2) is 56.1 Å². The van der Waals surface area contributed by atoms with Crippen LogP contribution in [0.25, 0.3) is 5.65 Å². The summed E-state index contributed by atoms with van der Waals surface area (Å²) in [5, 5.41) is 12.4. The molecule has 3 N–H and O–H groups in total. The van der Waals surface area contributed by atoms with Crippen molar-refractivity contribution in [1.82, 2.24) is 29.9 Å². The number of hydrogen-bond donors (Lipinski definition) is 3. The zero-order valence-electron chi connectivity index (χ0n) is 18.9. The first-order valence-corrected chi connectivity index (χ1v) is 10.8. The topological polar surface area (TPSA) is 118 Å². The van der Waals surface area contributed by atoms with Crippen LogP contribution in [0.2, 0.25) is 0 Å². The molecule has 1 saturated carbocycles. The van der Waals surface area contributed by atoms with Gasteiger partial charge >= 0.3 is 6.09 Å². The van der Waals surface area contributed by atoms with Gasteiger partial charge in [0.1, 0.15) is 23.6 Å². The molecule has 4 rings (SSSR count). The first-order chi connectivity index (χ1) is 16.2. The van der Waals surface area contributed by atoms with Crippen LogP contribution in [0.1, 0.15) is 56.1 Å². The van der Waals surface area contributed by atoms with E-state index in [1.165, 1.54) is 17.6 Å². The quantitative estimate of drug-likeness (QED) is 0.445. The minimum atomic E-state index is -2.79. The van der Waals surface area contributed by atoms with Crippen molar-refractivity contribution < 1.29 is 27.4 Å². The predicted octanol–water partition coefficient (Wildman–Crippen LogP) is 4.00. The van der Waals surface area contributed by atoms with Crippen LogP contribution < -0.4 is 10.6 Å². The number of aromatic amines is 1. The molecule has 13 heteroatoms. The molecule has 0 bridgehead atoms. The van der Waals surface area contributed by atoms with E-state index in [1.807, 2.05) is 0 Å². The largest absolute Gasteiger partial charge is 0.443 e. The van der Waals surface area contributed by atoms with Gasteiger partial charge < -0.3 is 20.1 Å². The molecule has 10 nitrogen and oxygen atoms in total. The van der Waals surface area contributed by atoms with Crippen molar-refractivity contribution >= 4 is 23.5 Å². The van der Waals surface area contributed by atoms with Gasteiger partial charge in [-0.15, -0.1) is 0 Å². The SMILES string of the molecule is COCc1cn2c(Nc3cc([C@@H]4CC[C@H](OC(=O)NC(C)C)[C@@H]4F)[nH]n3)nc(C(F)F)cc2n1. The number of rotatable bonds is 8. The average Bonchev–Trinajstić information content (AvgIpc) is 3.47. The molecule has 1 aliphatic rings. The lowest BCUT2D eigenvalue weighted by atomic mass is 10.0. The fourth-order valence-corrected chi connectivity index (χ4v) is 3.96. The van der Waals surface area contributed by atoms with Crippen molar-refractivity contribution in [3.8, 4) is 0 Å². The van der Waals surface area contributed by atoms with Gasteiger partial charge in [0, 0.05) is 43.1 Å². The number of halogens is 3. The summed E-state index contributed by atoms with van der Waals surface area (Å²) in [7, 11) is 1.50. The van der Waals surface area contributed by atoms with E-state index in [4.69, 9.17) is 9.47 Å². The van der Waals surface area contributed by atoms with Crippen LogP contribution in [-0.2, 0) is 16.1 Å². The zero-order chi connectivity index (χ0) is 24.4. The number of amides is 1. The molecule has 0 saturated heterocycles. The van der Waals surface area contributed by atoms with Crippen LogP contribution in [0.15, 0.2) is 18.3 Å². The molecule has 3 heterocycles. The van der Waals surface area contributed by atoms with Crippen molar-refractivity contribution in [3.05, 3.63) is 35.4 Å². The third kappa shape index (κ3) is 5.08. The van der Waals surface area contributed by atoms with E-state index >= 15 is 4.39 Å². The van der Waals surface area contributed by atoms with Crippen molar-refractivity contribution in [3.63, 3.8) is 0 Å². The Balaban J connectivity index is 1.51. The Morgan fingerprint density at radius 1 is 1.29 bits per heavy atom. The maximum Gasteiger partial charge on any atom is 0.407 e. The molecular weight excluding hydrogens is 455 g/mol. The molecule has 184 valence electrons. The number of H-pyrrole nitrogens is 1. The summed E-state index contributed by atoms with van der Waals surface area (Å²) < 4.78 is 53.5. The number of ether oxygens (including phenoxy) is 2. The fraction of sp³-hybridized carbons (Fsp3) is 0.524. The number of imidazole rings is 1. The van der Waals surface area contributed by atoms with E-state index in [2.05, 4.69) is 30.8 Å². The lowest BCUT2D eigenvalue weighted by Crippen LogP contribution is -2.36. The molecule has 1 aliphatic carbocycles. The number of carbonyl (C=O) groups is 1. The summed E-state index contributed by atoms with van der Waals surface area (Å²) in [6.07, 6.45) is -3.28. The highest BCUT2D eigenvalue weighted by Crippen LogP contribution is 2.38. The Bertz CT molecular complexity index is 1150. The molecule has 1 fully saturated rings. The van der Waals surface area contributed by atoms with Crippen LogP contribution in [0.5, 0.6) is 0 Å². The van der Waals surface area contributed by atoms with E-state index in [9.17, 15) is 13.6 Å². The second kappa shape index (κ2) is 9.87. The van der Waals surface area contributed by atoms with Gasteiger partial charge in [0.15, 0.2) is 5.82 Å². The van der Waals surface area contributed by atoms with Crippen LogP contribution in [0, 0.1) is 0 Å². The number of alkyl carbamates (subject to hydrolysis) is 1. The Hall–Kier alpha value is -3.35. The normalized spacial score (nSPS) is 20.4. The Labute approximate surface area is 193 Å². The van der Waals surface area contributed by atoms with Gasteiger partial charge in [0.2, 0.25) is 5.95 Å². The average molecular weight is 481 g/mol. The number of anilines is 2. The van der Waals surface area contributed by atoms with Crippen molar-refractivity contribution in [2.24, 2.45) is 0 Å². The molecule has 3 atom stereocenters. The molecule has 1 amide bonds. The third-order valence-corrected chi connectivity index (χ3v) is 5.44. The monoisotopic (exact) mass is 481 g/mol. The highest BCUT2D eigenvalue weighted by atomic mass is 19.3. The maximum atomic E-state index is 15.0. The summed E-state index contributed by atoms with van der Waals surface area (Å²) >= 11 is 0. The zero-order valence-corrected chi connectivity index (χ0v) is 18.9. The van der Waals surface area contributed by atoms with E-state index in [1.54, 1.807) is 26.1 Å². The fourth-order valence-electron chi connectivity index (χ4n) is 3.96. The highest BCUT2D eigenvalue weighted by Gasteiger charge is 2.41. The van der Waals surface area contributed by atoms with Crippen molar-refractivity contribution in [2.45, 2.75) is 64.0 Å². The number of nitrogens with one attached hydrogen (secondary N) is 3. The number of nitrogens with zero attached hydrogens (tertiary/aromatic N) is 4. The molecule has 3 aromatic rings. The molecule has 0 radical (unpaired) electrons. The standard InChI is InChI=1S/C21H26F3N7O3/c1-10(2)25-21(32)34-15-5-4-12(18(15)22)13-6-16(30-29-13)28-20-27-14(19(23)24)7-17-26-11(9-33-3)8-31(17)20/h6-8,10,12,15,18-19H,4-5,9H2,1-3H3,(H,25,32)(H2,27,28,29,30)/t12-,15-,18+/m0/s1. The minimum Gasteiger partial charge on any atom is -0.443 e. The van der Waals surface area contributed by atoms with Gasteiger partial charge in [0.05, 0.1) is 12.3 Å². The molecule has 0 unspecified atom stereocenters. The van der Waals surface area contributed by atoms with Gasteiger partial charge in [-0.2, -0.15) is 5.10 Å². The summed E-state index contributed by atoms with van der Waals surface area (Å²) in [5.74, 6) is -0.205. The number of aromatic nitrogens is 5. The van der Waals surface area contributed by atoms with E-state index < -0.39 is 36.4 Å². The van der Waals surface area contributed by atoms with Crippen molar-refractivity contribution in [2.75, 3.05) is 12.4 Å². The molecule has 0 spiro atoms. The van der Waals surface area contributed by atoms with Gasteiger partial charge in [-0.25, -0.2) is 27.9 Å². The van der Waals surface area contributed by atoms with Gasteiger partial charge in [-0.3, -0.25) is 9.50 Å². The number of alkyl halides is 3. The first-order valence-electron chi connectivity index (χ1n) is 10.8. The number of methoxy groups -OCH3 is 1. The van der Waals surface area contributed by atoms with Gasteiger partial charge in [-0.05, 0) is 26.7 Å². The number of fused-ring (bicyclic) bond motifs is 1. The predicted molar refractivity (Wildman–Crippen MR) is 116 cm³/mol. The molecule has 3 aromatic heterocycles. The molecular formula is C21H26F3N7O3. The second-order valence-corrected chi connectivity index (χ2v) is 8.40. The summed E-state index contributed by atoms with van der Waals surface area (Å²) in [5.41, 5.74) is 0.868. The maximum absolute atomic E-state index is 15.0. The Morgan fingerprint density at radius 3 is 2.79 bits per heavy atom. The molecule has 0 aromatic carbocycles. The van der Waals surface area contributed by atoms with Gasteiger partial charge in [0.25, 0.3) is 6.43 Å². The molecule has 0 aliphatic heterocycles. The summed E-state index contributed by atoms with van der Waals surface area (Å²) in [4.78, 5) is 20.1. The van der Waals surface area contributed by atoms with Crippen LogP contribution in [0.3, 0.4) is 0 Å². The Morgan fingerprint density at radius 2 is 2.09 bits per heavy atom. The lowest BCUT2D eigenvalue weighted by molar-refractivity contribution is 0.0555. The van der Waals surface area contributed by atoms with Crippen LogP contribution >= 0.6 is 0 Å². The minimum absolute atomic E-state index is 0.0792. The smallest absolute Gasteiger partial charge is 0.407 e. The first kappa shape index (κ1) is 23.8. The summed E-state index contributed by atoms with van der Waals surface area (Å²) in [6.45, 7) is 3.77. The number of carbonyl (C=O) groups excluding carboxylic acids is 1. The Kier molecular flexibility index (Phi) is 6.91. The van der Waals surface area contributed by atoms with E-state index in [0.29, 0.717) is 24.2 Å². The molecule has 34 heavy (non-hydrogen) atoms. The highest BCUT2D eigenvalue weighted by molar-refractivity contribution is 5.67. The van der Waals surface area contributed by atoms with Crippen LogP contribution in [0.4, 0.5) is 29.7 Å². The van der Waals surface area contributed by atoms with Crippen molar-refractivity contribution in [1.29, 1.82) is 0 Å². The third-order valence-electron chi connectivity index (χ3n) is 5.44. The number of hydrogen-bond acceptors (Lipinski definition) is 7. The van der Waals surface area contributed by atoms with E-state index in [0.717, 1.165) is 0 Å². The summed E-state index contributed by atoms with van der Waals surface area (Å²) in [6, 6.07) is 2.67.